The van der Waals surface area contributed by atoms with Crippen LogP contribution in [0.2, 0.25) is 0 Å². The average Bonchev–Trinajstić information content (AvgIpc) is 3.14. The molecule has 0 aliphatic heterocycles. The third-order valence-corrected chi connectivity index (χ3v) is 12.0. The van der Waals surface area contributed by atoms with Crippen LogP contribution in [-0.4, -0.2) is 62.3 Å². The number of rotatable bonds is 39. The number of hydrogen-bond donors (Lipinski definition) is 0. The van der Waals surface area contributed by atoms with Crippen LogP contribution in [0.15, 0.2) is 0 Å². The van der Waals surface area contributed by atoms with Crippen LogP contribution in [0.5, 0.6) is 0 Å². The van der Waals surface area contributed by atoms with E-state index >= 15 is 0 Å². The molecule has 0 N–H and O–H groups in total. The van der Waals surface area contributed by atoms with E-state index < -0.39 is 0 Å². The summed E-state index contributed by atoms with van der Waals surface area (Å²) in [4.78, 5) is 40.2. The first-order chi connectivity index (χ1) is 26.8. The molecule has 0 saturated carbocycles. The molecule has 0 aliphatic carbocycles. The van der Waals surface area contributed by atoms with E-state index in [0.29, 0.717) is 68.2 Å². The Labute approximate surface area is 348 Å². The predicted molar refractivity (Wildman–Crippen MR) is 237 cm³/mol. The lowest BCUT2D eigenvalue weighted by atomic mass is 9.89. The van der Waals surface area contributed by atoms with Crippen molar-refractivity contribution in [1.29, 1.82) is 0 Å². The summed E-state index contributed by atoms with van der Waals surface area (Å²) in [6, 6.07) is 0. The quantitative estimate of drug-likeness (QED) is 0.0348. The normalized spacial score (nSPS) is 13.6. The maximum Gasteiger partial charge on any atom is 0.308 e. The van der Waals surface area contributed by atoms with Gasteiger partial charge in [-0.2, -0.15) is 0 Å². The van der Waals surface area contributed by atoms with Gasteiger partial charge in [0.15, 0.2) is 0 Å². The minimum absolute atomic E-state index is 0.00168. The first-order valence-electron chi connectivity index (χ1n) is 24.0. The minimum atomic E-state index is -0.0388. The zero-order chi connectivity index (χ0) is 42.0. The van der Waals surface area contributed by atoms with Crippen LogP contribution in [0, 0.1) is 41.4 Å². The fourth-order valence-electron chi connectivity index (χ4n) is 7.44. The molecule has 0 spiro atoms. The van der Waals surface area contributed by atoms with Gasteiger partial charge in [-0.1, -0.05) is 159 Å². The number of esters is 3. The molecular weight excluding hydrogens is 699 g/mol. The van der Waals surface area contributed by atoms with Crippen molar-refractivity contribution < 1.29 is 28.6 Å². The van der Waals surface area contributed by atoms with Crippen molar-refractivity contribution in [3.8, 4) is 0 Å². The molecule has 0 amide bonds. The van der Waals surface area contributed by atoms with E-state index in [1.165, 1.54) is 38.5 Å². The molecule has 0 aromatic heterocycles. The van der Waals surface area contributed by atoms with E-state index in [2.05, 4.69) is 74.1 Å². The molecule has 0 fully saturated rings. The van der Waals surface area contributed by atoms with Crippen molar-refractivity contribution in [3.05, 3.63) is 0 Å². The standard InChI is InChI=1S/C49H95NO6/c1-11-50(12-2)36-27-37-54-49(53)44(28-23-19-15-13-17-21-25-30-47(51)55-38-45(42(7)8)34-32-40(3)4)29-24-20-16-14-18-22-26-31-48(52)56-39-46(43(9)10)35-33-41(5)6/h40-46H,11-39H2,1-10H3. The smallest absolute Gasteiger partial charge is 0.308 e. The van der Waals surface area contributed by atoms with E-state index in [0.717, 1.165) is 116 Å². The number of carbonyl (C=O) groups is 3. The largest absolute Gasteiger partial charge is 0.465 e. The van der Waals surface area contributed by atoms with Crippen molar-refractivity contribution >= 4 is 17.9 Å². The Kier molecular flexibility index (Phi) is 35.4. The second kappa shape index (κ2) is 36.4. The molecule has 7 heteroatoms. The van der Waals surface area contributed by atoms with Crippen LogP contribution in [0.4, 0.5) is 0 Å². The van der Waals surface area contributed by atoms with Gasteiger partial charge in [-0.25, -0.2) is 0 Å². The van der Waals surface area contributed by atoms with Crippen molar-refractivity contribution in [2.24, 2.45) is 41.4 Å². The maximum absolute atomic E-state index is 13.2. The molecule has 332 valence electrons. The average molecular weight is 794 g/mol. The first kappa shape index (κ1) is 54.4. The summed E-state index contributed by atoms with van der Waals surface area (Å²) >= 11 is 0. The molecular formula is C49H95NO6. The second-order valence-corrected chi connectivity index (χ2v) is 18.6. The van der Waals surface area contributed by atoms with Crippen LogP contribution in [-0.2, 0) is 28.6 Å². The fourth-order valence-corrected chi connectivity index (χ4v) is 7.44. The van der Waals surface area contributed by atoms with Crippen LogP contribution < -0.4 is 0 Å². The highest BCUT2D eigenvalue weighted by Gasteiger charge is 2.20. The summed E-state index contributed by atoms with van der Waals surface area (Å²) in [5, 5.41) is 0. The van der Waals surface area contributed by atoms with Gasteiger partial charge >= 0.3 is 17.9 Å². The van der Waals surface area contributed by atoms with Gasteiger partial charge in [-0.15, -0.1) is 0 Å². The highest BCUT2D eigenvalue weighted by atomic mass is 16.5. The predicted octanol–water partition coefficient (Wildman–Crippen LogP) is 13.4. The Balaban J connectivity index is 4.36. The molecule has 0 radical (unpaired) electrons. The number of carbonyl (C=O) groups excluding carboxylic acids is 3. The zero-order valence-electron chi connectivity index (χ0n) is 38.9. The summed E-state index contributed by atoms with van der Waals surface area (Å²) in [5.74, 6) is 3.28. The molecule has 0 saturated heterocycles. The summed E-state index contributed by atoms with van der Waals surface area (Å²) in [6.45, 7) is 26.9. The fraction of sp³-hybridized carbons (Fsp3) is 0.939. The zero-order valence-corrected chi connectivity index (χ0v) is 38.9. The summed E-state index contributed by atoms with van der Waals surface area (Å²) in [6.07, 6.45) is 23.8. The Bertz CT molecular complexity index is 872. The molecule has 0 aromatic rings. The first-order valence-corrected chi connectivity index (χ1v) is 24.0. The Hall–Kier alpha value is -1.63. The van der Waals surface area contributed by atoms with Gasteiger partial charge in [0.25, 0.3) is 0 Å². The van der Waals surface area contributed by atoms with E-state index in [4.69, 9.17) is 14.2 Å². The lowest BCUT2D eigenvalue weighted by Crippen LogP contribution is -2.26. The number of nitrogens with zero attached hydrogens (tertiary/aromatic N) is 1. The van der Waals surface area contributed by atoms with Crippen molar-refractivity contribution in [2.45, 2.75) is 217 Å². The molecule has 0 aliphatic rings. The van der Waals surface area contributed by atoms with Crippen molar-refractivity contribution in [2.75, 3.05) is 39.5 Å². The highest BCUT2D eigenvalue weighted by Crippen LogP contribution is 2.24. The molecule has 2 unspecified atom stereocenters. The second-order valence-electron chi connectivity index (χ2n) is 18.6. The van der Waals surface area contributed by atoms with Gasteiger partial charge in [0, 0.05) is 19.4 Å². The van der Waals surface area contributed by atoms with E-state index in [1.807, 2.05) is 0 Å². The Morgan fingerprint density at radius 1 is 0.446 bits per heavy atom. The maximum atomic E-state index is 13.2. The van der Waals surface area contributed by atoms with Crippen LogP contribution in [0.25, 0.3) is 0 Å². The molecule has 0 rings (SSSR count). The van der Waals surface area contributed by atoms with Crippen LogP contribution in [0.3, 0.4) is 0 Å². The van der Waals surface area contributed by atoms with Gasteiger partial charge < -0.3 is 19.1 Å². The van der Waals surface area contributed by atoms with Crippen LogP contribution in [0.1, 0.15) is 217 Å². The molecule has 0 bridgehead atoms. The third kappa shape index (κ3) is 32.3. The van der Waals surface area contributed by atoms with Gasteiger partial charge in [0.1, 0.15) is 0 Å². The molecule has 7 nitrogen and oxygen atoms in total. The van der Waals surface area contributed by atoms with Crippen molar-refractivity contribution in [1.82, 2.24) is 4.90 Å². The SMILES string of the molecule is CCN(CC)CCCOC(=O)C(CCCCCCCCCC(=O)OCC(CCC(C)C)C(C)C)CCCCCCCCCC(=O)OCC(CCC(C)C)C(C)C. The number of ether oxygens (including phenoxy) is 3. The van der Waals surface area contributed by atoms with E-state index in [-0.39, 0.29) is 23.8 Å². The van der Waals surface area contributed by atoms with Crippen molar-refractivity contribution in [3.63, 3.8) is 0 Å². The van der Waals surface area contributed by atoms with Crippen LogP contribution >= 0.6 is 0 Å². The summed E-state index contributed by atoms with van der Waals surface area (Å²) in [7, 11) is 0. The lowest BCUT2D eigenvalue weighted by Gasteiger charge is -2.21. The van der Waals surface area contributed by atoms with Gasteiger partial charge in [-0.3, -0.25) is 14.4 Å². The van der Waals surface area contributed by atoms with E-state index in [9.17, 15) is 14.4 Å². The summed E-state index contributed by atoms with van der Waals surface area (Å²) in [5.41, 5.74) is 0. The van der Waals surface area contributed by atoms with Gasteiger partial charge in [-0.05, 0) is 93.5 Å². The topological polar surface area (TPSA) is 82.1 Å². The van der Waals surface area contributed by atoms with Gasteiger partial charge in [0.05, 0.1) is 25.7 Å². The summed E-state index contributed by atoms with van der Waals surface area (Å²) < 4.78 is 17.1. The lowest BCUT2D eigenvalue weighted by molar-refractivity contribution is -0.149. The van der Waals surface area contributed by atoms with E-state index in [1.54, 1.807) is 0 Å². The number of unbranched alkanes of at least 4 members (excludes halogenated alkanes) is 12. The Morgan fingerprint density at radius 3 is 1.18 bits per heavy atom. The van der Waals surface area contributed by atoms with Gasteiger partial charge in [0.2, 0.25) is 0 Å². The molecule has 56 heavy (non-hydrogen) atoms. The minimum Gasteiger partial charge on any atom is -0.465 e. The number of hydrogen-bond acceptors (Lipinski definition) is 7. The monoisotopic (exact) mass is 794 g/mol. The third-order valence-electron chi connectivity index (χ3n) is 12.0. The molecule has 0 heterocycles. The highest BCUT2D eigenvalue weighted by molar-refractivity contribution is 5.72. The Morgan fingerprint density at radius 2 is 0.821 bits per heavy atom. The molecule has 0 aromatic carbocycles. The molecule has 2 atom stereocenters.